The zero-order valence-corrected chi connectivity index (χ0v) is 15.5. The molecule has 0 saturated carbocycles. The van der Waals surface area contributed by atoms with Crippen molar-refractivity contribution in [3.05, 3.63) is 71.1 Å². The molecule has 0 spiro atoms. The lowest BCUT2D eigenvalue weighted by atomic mass is 10.1. The van der Waals surface area contributed by atoms with Gasteiger partial charge in [-0.2, -0.15) is 13.2 Å². The summed E-state index contributed by atoms with van der Waals surface area (Å²) in [7, 11) is 0. The van der Waals surface area contributed by atoms with Crippen molar-refractivity contribution in [2.45, 2.75) is 25.9 Å². The summed E-state index contributed by atoms with van der Waals surface area (Å²) < 4.78 is 49.4. The first-order valence-corrected chi connectivity index (χ1v) is 8.80. The van der Waals surface area contributed by atoms with Gasteiger partial charge < -0.3 is 14.3 Å². The molecule has 1 heterocycles. The highest BCUT2D eigenvalue weighted by Crippen LogP contribution is 2.31. The van der Waals surface area contributed by atoms with Gasteiger partial charge in [-0.3, -0.25) is 4.79 Å². The van der Waals surface area contributed by atoms with Crippen LogP contribution in [0.1, 0.15) is 22.6 Å². The van der Waals surface area contributed by atoms with E-state index in [0.717, 1.165) is 12.1 Å². The minimum Gasteiger partial charge on any atom is -0.493 e. The molecule has 1 N–H and O–H groups in total. The molecule has 0 aliphatic rings. The number of benzene rings is 2. The van der Waals surface area contributed by atoms with Crippen LogP contribution in [0.15, 0.2) is 52.9 Å². The quantitative estimate of drug-likeness (QED) is 0.604. The summed E-state index contributed by atoms with van der Waals surface area (Å²) in [5, 5.41) is 8.85. The number of carboxylic acids is 1. The topological polar surface area (TPSA) is 72.6 Å². The Morgan fingerprint density at radius 3 is 2.55 bits per heavy atom. The van der Waals surface area contributed by atoms with Gasteiger partial charge in [-0.05, 0) is 48.9 Å². The van der Waals surface area contributed by atoms with E-state index in [1.54, 1.807) is 31.2 Å². The third-order valence-corrected chi connectivity index (χ3v) is 4.20. The summed E-state index contributed by atoms with van der Waals surface area (Å²) in [5.74, 6) is 0.440. The average Bonchev–Trinajstić information content (AvgIpc) is 3.02. The number of hydrogen-bond donors (Lipinski definition) is 1. The number of halogens is 3. The molecule has 0 aliphatic carbocycles. The van der Waals surface area contributed by atoms with E-state index >= 15 is 0 Å². The fourth-order valence-corrected chi connectivity index (χ4v) is 2.77. The number of aliphatic carboxylic acids is 1. The highest BCUT2D eigenvalue weighted by molar-refractivity contribution is 5.70. The maximum Gasteiger partial charge on any atom is 0.416 e. The highest BCUT2D eigenvalue weighted by atomic mass is 19.4. The standard InChI is InChI=1S/C21H18F3NO4/c1-13-18(9-10-28-17-4-2-3-14(11-17)12-19(26)27)29-20(25-13)15-5-7-16(8-6-15)21(22,23)24/h2-8,11H,9-10,12H2,1H3,(H,26,27). The molecule has 8 heteroatoms. The van der Waals surface area contributed by atoms with Gasteiger partial charge in [0.25, 0.3) is 0 Å². The monoisotopic (exact) mass is 405 g/mol. The van der Waals surface area contributed by atoms with E-state index in [1.807, 2.05) is 0 Å². The number of carbonyl (C=O) groups is 1. The molecular weight excluding hydrogens is 387 g/mol. The van der Waals surface area contributed by atoms with Crippen molar-refractivity contribution >= 4 is 5.97 Å². The zero-order chi connectivity index (χ0) is 21.0. The van der Waals surface area contributed by atoms with Crippen LogP contribution in [0.3, 0.4) is 0 Å². The number of rotatable bonds is 7. The molecule has 0 fully saturated rings. The van der Waals surface area contributed by atoms with Crippen LogP contribution in [0.5, 0.6) is 5.75 Å². The SMILES string of the molecule is Cc1nc(-c2ccc(C(F)(F)F)cc2)oc1CCOc1cccc(CC(=O)O)c1. The number of oxazole rings is 1. The minimum absolute atomic E-state index is 0.0884. The average molecular weight is 405 g/mol. The number of hydrogen-bond acceptors (Lipinski definition) is 4. The first-order chi connectivity index (χ1) is 13.7. The largest absolute Gasteiger partial charge is 0.493 e. The molecular formula is C21H18F3NO4. The second-order valence-electron chi connectivity index (χ2n) is 6.42. The molecule has 0 saturated heterocycles. The Kier molecular flexibility index (Phi) is 5.91. The van der Waals surface area contributed by atoms with Crippen molar-refractivity contribution in [3.8, 4) is 17.2 Å². The third kappa shape index (κ3) is 5.37. The van der Waals surface area contributed by atoms with Crippen LogP contribution in [0.2, 0.25) is 0 Å². The Balaban J connectivity index is 1.63. The van der Waals surface area contributed by atoms with E-state index in [2.05, 4.69) is 4.98 Å². The van der Waals surface area contributed by atoms with Crippen LogP contribution in [0.25, 0.3) is 11.5 Å². The number of aryl methyl sites for hydroxylation is 1. The summed E-state index contributed by atoms with van der Waals surface area (Å²) in [6, 6.07) is 11.4. The predicted octanol–water partition coefficient (Wildman–Crippen LogP) is 4.92. The number of alkyl halides is 3. The Hall–Kier alpha value is -3.29. The molecule has 0 radical (unpaired) electrons. The van der Waals surface area contributed by atoms with Crippen LogP contribution < -0.4 is 4.74 Å². The summed E-state index contributed by atoms with van der Waals surface area (Å²) >= 11 is 0. The molecule has 152 valence electrons. The van der Waals surface area contributed by atoms with Gasteiger partial charge in [0.1, 0.15) is 11.5 Å². The van der Waals surface area contributed by atoms with E-state index < -0.39 is 17.7 Å². The fourth-order valence-electron chi connectivity index (χ4n) is 2.77. The van der Waals surface area contributed by atoms with E-state index in [-0.39, 0.29) is 18.9 Å². The van der Waals surface area contributed by atoms with Crippen LogP contribution in [-0.2, 0) is 23.8 Å². The van der Waals surface area contributed by atoms with E-state index in [0.29, 0.717) is 34.8 Å². The van der Waals surface area contributed by atoms with Crippen molar-refractivity contribution in [2.24, 2.45) is 0 Å². The van der Waals surface area contributed by atoms with Crippen molar-refractivity contribution in [1.82, 2.24) is 4.98 Å². The first-order valence-electron chi connectivity index (χ1n) is 8.80. The summed E-state index contributed by atoms with van der Waals surface area (Å²) in [4.78, 5) is 15.1. The number of nitrogens with zero attached hydrogens (tertiary/aromatic N) is 1. The molecule has 0 unspecified atom stereocenters. The molecule has 0 amide bonds. The lowest BCUT2D eigenvalue weighted by Gasteiger charge is -2.07. The highest BCUT2D eigenvalue weighted by Gasteiger charge is 2.30. The Morgan fingerprint density at radius 2 is 1.90 bits per heavy atom. The molecule has 29 heavy (non-hydrogen) atoms. The van der Waals surface area contributed by atoms with E-state index in [1.165, 1.54) is 12.1 Å². The van der Waals surface area contributed by atoms with E-state index in [4.69, 9.17) is 14.3 Å². The van der Waals surface area contributed by atoms with Gasteiger partial charge >= 0.3 is 12.1 Å². The number of carboxylic acid groups (broad SMARTS) is 1. The maximum absolute atomic E-state index is 12.7. The van der Waals surface area contributed by atoms with Gasteiger partial charge in [-0.1, -0.05) is 12.1 Å². The summed E-state index contributed by atoms with van der Waals surface area (Å²) in [5.41, 5.74) is 0.983. The fraction of sp³-hybridized carbons (Fsp3) is 0.238. The summed E-state index contributed by atoms with van der Waals surface area (Å²) in [6.45, 7) is 2.03. The molecule has 0 bridgehead atoms. The van der Waals surface area contributed by atoms with Crippen LogP contribution in [-0.4, -0.2) is 22.7 Å². The number of ether oxygens (including phenoxy) is 1. The molecule has 2 aromatic carbocycles. The maximum atomic E-state index is 12.7. The van der Waals surface area contributed by atoms with Crippen LogP contribution >= 0.6 is 0 Å². The normalized spacial score (nSPS) is 11.4. The molecule has 3 aromatic rings. The lowest BCUT2D eigenvalue weighted by Crippen LogP contribution is -2.04. The number of aromatic nitrogens is 1. The van der Waals surface area contributed by atoms with Crippen molar-refractivity contribution in [3.63, 3.8) is 0 Å². The lowest BCUT2D eigenvalue weighted by molar-refractivity contribution is -0.138. The molecule has 5 nitrogen and oxygen atoms in total. The van der Waals surface area contributed by atoms with Gasteiger partial charge in [-0.25, -0.2) is 4.98 Å². The smallest absolute Gasteiger partial charge is 0.416 e. The van der Waals surface area contributed by atoms with Gasteiger partial charge in [0.15, 0.2) is 0 Å². The Morgan fingerprint density at radius 1 is 1.17 bits per heavy atom. The predicted molar refractivity (Wildman–Crippen MR) is 98.7 cm³/mol. The van der Waals surface area contributed by atoms with E-state index in [9.17, 15) is 18.0 Å². The van der Waals surface area contributed by atoms with Gasteiger partial charge in [0.05, 0.1) is 24.3 Å². The molecule has 3 rings (SSSR count). The van der Waals surface area contributed by atoms with Crippen molar-refractivity contribution in [2.75, 3.05) is 6.61 Å². The minimum atomic E-state index is -4.39. The first kappa shape index (κ1) is 20.4. The molecule has 0 aliphatic heterocycles. The van der Waals surface area contributed by atoms with Crippen molar-refractivity contribution in [1.29, 1.82) is 0 Å². The van der Waals surface area contributed by atoms with Crippen molar-refractivity contribution < 1.29 is 32.2 Å². The second kappa shape index (κ2) is 8.38. The Bertz CT molecular complexity index is 994. The summed E-state index contributed by atoms with van der Waals surface area (Å²) in [6.07, 6.45) is -4.08. The zero-order valence-electron chi connectivity index (χ0n) is 15.5. The molecule has 0 atom stereocenters. The van der Waals surface area contributed by atoms with Crippen LogP contribution in [0.4, 0.5) is 13.2 Å². The molecule has 1 aromatic heterocycles. The van der Waals surface area contributed by atoms with Gasteiger partial charge in [0.2, 0.25) is 5.89 Å². The van der Waals surface area contributed by atoms with Crippen LogP contribution in [0, 0.1) is 6.92 Å². The van der Waals surface area contributed by atoms with Gasteiger partial charge in [0, 0.05) is 12.0 Å². The third-order valence-electron chi connectivity index (χ3n) is 4.20. The second-order valence-corrected chi connectivity index (χ2v) is 6.42. The Labute approximate surface area is 164 Å². The van der Waals surface area contributed by atoms with Gasteiger partial charge in [-0.15, -0.1) is 0 Å².